The second kappa shape index (κ2) is 11.1. The lowest BCUT2D eigenvalue weighted by molar-refractivity contribution is -0.890. The van der Waals surface area contributed by atoms with Crippen molar-refractivity contribution in [1.29, 1.82) is 0 Å². The SMILES string of the molecule is CC(C)(C)CC(C)(C)c1ccc(OCC[N+](C)(C)CCOc2ccccc2)cc1.[Cl-]. The molecule has 2 aromatic carbocycles. The quantitative estimate of drug-likeness (QED) is 0.536. The molecule has 0 atom stereocenters. The fraction of sp³-hybridized carbons (Fsp3) is 0.538. The first kappa shape index (κ1) is 26.3. The molecule has 0 aliphatic rings. The Morgan fingerprint density at radius 2 is 1.17 bits per heavy atom. The van der Waals surface area contributed by atoms with Crippen LogP contribution in [0.4, 0.5) is 0 Å². The summed E-state index contributed by atoms with van der Waals surface area (Å²) >= 11 is 0. The summed E-state index contributed by atoms with van der Waals surface area (Å²) in [7, 11) is 4.44. The van der Waals surface area contributed by atoms with Gasteiger partial charge in [-0.3, -0.25) is 0 Å². The van der Waals surface area contributed by atoms with Crippen molar-refractivity contribution in [1.82, 2.24) is 0 Å². The van der Waals surface area contributed by atoms with Crippen molar-refractivity contribution in [2.24, 2.45) is 5.41 Å². The van der Waals surface area contributed by atoms with E-state index in [1.807, 2.05) is 30.3 Å². The first-order chi connectivity index (χ1) is 13.5. The van der Waals surface area contributed by atoms with Crippen molar-refractivity contribution in [2.75, 3.05) is 40.4 Å². The van der Waals surface area contributed by atoms with E-state index >= 15 is 0 Å². The number of rotatable bonds is 10. The lowest BCUT2D eigenvalue weighted by Crippen LogP contribution is -3.00. The van der Waals surface area contributed by atoms with Crippen LogP contribution in [0.2, 0.25) is 0 Å². The summed E-state index contributed by atoms with van der Waals surface area (Å²) in [6.45, 7) is 14.8. The number of hydrogen-bond donors (Lipinski definition) is 0. The fourth-order valence-corrected chi connectivity index (χ4v) is 3.88. The van der Waals surface area contributed by atoms with Crippen LogP contribution in [0.25, 0.3) is 0 Å². The van der Waals surface area contributed by atoms with Crippen molar-refractivity contribution in [3.05, 3.63) is 60.2 Å². The highest BCUT2D eigenvalue weighted by atomic mass is 35.5. The summed E-state index contributed by atoms with van der Waals surface area (Å²) in [5.41, 5.74) is 1.84. The number of hydrogen-bond acceptors (Lipinski definition) is 2. The van der Waals surface area contributed by atoms with Gasteiger partial charge in [0.15, 0.2) is 0 Å². The van der Waals surface area contributed by atoms with Gasteiger partial charge in [0.1, 0.15) is 37.8 Å². The second-order valence-electron chi connectivity index (χ2n) is 10.5. The Hall–Kier alpha value is -1.71. The normalized spacial score (nSPS) is 12.2. The number of quaternary nitrogens is 1. The summed E-state index contributed by atoms with van der Waals surface area (Å²) in [4.78, 5) is 0. The van der Waals surface area contributed by atoms with Gasteiger partial charge in [-0.2, -0.15) is 0 Å². The molecule has 0 fully saturated rings. The molecule has 2 rings (SSSR count). The van der Waals surface area contributed by atoms with E-state index in [2.05, 4.69) is 73.0 Å². The zero-order valence-electron chi connectivity index (χ0n) is 19.9. The number of ether oxygens (including phenoxy) is 2. The van der Waals surface area contributed by atoms with Crippen LogP contribution in [0, 0.1) is 5.41 Å². The van der Waals surface area contributed by atoms with Crippen LogP contribution in [0.5, 0.6) is 11.5 Å². The topological polar surface area (TPSA) is 18.5 Å². The molecule has 168 valence electrons. The van der Waals surface area contributed by atoms with Gasteiger partial charge in [-0.25, -0.2) is 0 Å². The van der Waals surface area contributed by atoms with Gasteiger partial charge in [0.25, 0.3) is 0 Å². The Kier molecular flexibility index (Phi) is 9.71. The van der Waals surface area contributed by atoms with Gasteiger partial charge in [0.2, 0.25) is 0 Å². The van der Waals surface area contributed by atoms with Gasteiger partial charge >= 0.3 is 0 Å². The van der Waals surface area contributed by atoms with Crippen LogP contribution >= 0.6 is 0 Å². The predicted molar refractivity (Wildman–Crippen MR) is 123 cm³/mol. The van der Waals surface area contributed by atoms with Crippen molar-refractivity contribution in [3.63, 3.8) is 0 Å². The van der Waals surface area contributed by atoms with Crippen molar-refractivity contribution >= 4 is 0 Å². The largest absolute Gasteiger partial charge is 1.00 e. The minimum atomic E-state index is 0. The summed E-state index contributed by atoms with van der Waals surface area (Å²) in [5, 5.41) is 0. The first-order valence-corrected chi connectivity index (χ1v) is 10.7. The number of benzene rings is 2. The molecule has 0 aliphatic heterocycles. The average Bonchev–Trinajstić information content (AvgIpc) is 2.61. The van der Waals surface area contributed by atoms with E-state index in [0.29, 0.717) is 18.6 Å². The van der Waals surface area contributed by atoms with Gasteiger partial charge in [0, 0.05) is 0 Å². The van der Waals surface area contributed by atoms with Gasteiger partial charge in [0.05, 0.1) is 14.1 Å². The molecule has 2 aromatic rings. The maximum absolute atomic E-state index is 6.02. The van der Waals surface area contributed by atoms with E-state index in [0.717, 1.165) is 35.5 Å². The average molecular weight is 434 g/mol. The molecule has 3 nitrogen and oxygen atoms in total. The molecule has 0 heterocycles. The zero-order chi connectivity index (χ0) is 21.5. The van der Waals surface area contributed by atoms with Gasteiger partial charge < -0.3 is 26.4 Å². The molecule has 0 radical (unpaired) electrons. The first-order valence-electron chi connectivity index (χ1n) is 10.7. The summed E-state index contributed by atoms with van der Waals surface area (Å²) in [5.74, 6) is 1.87. The van der Waals surface area contributed by atoms with Gasteiger partial charge in [-0.15, -0.1) is 0 Å². The molecule has 0 amide bonds. The highest BCUT2D eigenvalue weighted by Gasteiger charge is 2.27. The minimum Gasteiger partial charge on any atom is -1.00 e. The van der Waals surface area contributed by atoms with Crippen molar-refractivity contribution in [3.8, 4) is 11.5 Å². The van der Waals surface area contributed by atoms with Gasteiger partial charge in [-0.1, -0.05) is 65.0 Å². The van der Waals surface area contributed by atoms with E-state index < -0.39 is 0 Å². The molecule has 0 unspecified atom stereocenters. The van der Waals surface area contributed by atoms with E-state index in [1.54, 1.807) is 0 Å². The molecule has 0 aliphatic carbocycles. The third-order valence-corrected chi connectivity index (χ3v) is 5.28. The summed E-state index contributed by atoms with van der Waals surface area (Å²) in [6.07, 6.45) is 1.15. The van der Waals surface area contributed by atoms with Crippen LogP contribution in [0.3, 0.4) is 0 Å². The number of likely N-dealkylation sites (N-methyl/N-ethyl adjacent to an activating group) is 1. The molecular weight excluding hydrogens is 394 g/mol. The van der Waals surface area contributed by atoms with Crippen LogP contribution in [0.1, 0.15) is 46.6 Å². The van der Waals surface area contributed by atoms with Crippen molar-refractivity contribution in [2.45, 2.75) is 46.5 Å². The lowest BCUT2D eigenvalue weighted by atomic mass is 9.72. The molecule has 0 bridgehead atoms. The third kappa shape index (κ3) is 9.40. The Bertz CT molecular complexity index is 734. The minimum absolute atomic E-state index is 0. The highest BCUT2D eigenvalue weighted by molar-refractivity contribution is 5.31. The van der Waals surface area contributed by atoms with Crippen molar-refractivity contribution < 1.29 is 26.4 Å². The highest BCUT2D eigenvalue weighted by Crippen LogP contribution is 2.36. The predicted octanol–water partition coefficient (Wildman–Crippen LogP) is 2.94. The van der Waals surface area contributed by atoms with E-state index in [1.165, 1.54) is 5.56 Å². The smallest absolute Gasteiger partial charge is 0.137 e. The Morgan fingerprint density at radius 1 is 0.700 bits per heavy atom. The molecule has 0 spiro atoms. The summed E-state index contributed by atoms with van der Waals surface area (Å²) < 4.78 is 12.7. The second-order valence-corrected chi connectivity index (χ2v) is 10.5. The molecule has 0 saturated carbocycles. The van der Waals surface area contributed by atoms with Crippen LogP contribution < -0.4 is 21.9 Å². The molecule has 0 saturated heterocycles. The number of para-hydroxylation sites is 1. The van der Waals surface area contributed by atoms with E-state index in [-0.39, 0.29) is 17.8 Å². The maximum Gasteiger partial charge on any atom is 0.137 e. The Morgan fingerprint density at radius 3 is 1.63 bits per heavy atom. The lowest BCUT2D eigenvalue weighted by Gasteiger charge is -2.33. The Labute approximate surface area is 190 Å². The number of nitrogens with zero attached hydrogens (tertiary/aromatic N) is 1. The van der Waals surface area contributed by atoms with E-state index in [9.17, 15) is 0 Å². The molecule has 4 heteroatoms. The molecular formula is C26H40ClNO2. The van der Waals surface area contributed by atoms with Crippen LogP contribution in [-0.2, 0) is 5.41 Å². The maximum atomic E-state index is 6.02. The van der Waals surface area contributed by atoms with Crippen LogP contribution in [-0.4, -0.2) is 44.9 Å². The molecule has 0 aromatic heterocycles. The van der Waals surface area contributed by atoms with E-state index in [4.69, 9.17) is 9.47 Å². The Balaban J connectivity index is 0.00000450. The monoisotopic (exact) mass is 433 g/mol. The molecule has 30 heavy (non-hydrogen) atoms. The number of halogens is 1. The third-order valence-electron chi connectivity index (χ3n) is 5.28. The standard InChI is InChI=1S/C26H40NO2.ClH/c1-25(2,3)21-26(4,5)22-13-15-24(16-14-22)29-20-18-27(6,7)17-19-28-23-11-9-8-10-12-23;/h8-16H,17-21H2,1-7H3;1H/q+1;/p-1. The fourth-order valence-electron chi connectivity index (χ4n) is 3.88. The zero-order valence-corrected chi connectivity index (χ0v) is 20.6. The van der Waals surface area contributed by atoms with Gasteiger partial charge in [-0.05, 0) is 47.1 Å². The summed E-state index contributed by atoms with van der Waals surface area (Å²) in [6, 6.07) is 18.6. The van der Waals surface area contributed by atoms with Crippen LogP contribution in [0.15, 0.2) is 54.6 Å². The molecule has 0 N–H and O–H groups in total.